The maximum Gasteiger partial charge on any atom is 0.237 e. The number of hydrazone groups is 1. The number of ketones is 1. The van der Waals surface area contributed by atoms with E-state index in [2.05, 4.69) is 24.0 Å². The van der Waals surface area contributed by atoms with E-state index in [0.29, 0.717) is 18.1 Å². The van der Waals surface area contributed by atoms with Gasteiger partial charge in [0, 0.05) is 38.3 Å². The molecule has 0 aromatic heterocycles. The predicted molar refractivity (Wildman–Crippen MR) is 116 cm³/mol. The second-order valence-corrected chi connectivity index (χ2v) is 8.62. The van der Waals surface area contributed by atoms with Crippen molar-refractivity contribution in [1.82, 2.24) is 4.90 Å². The van der Waals surface area contributed by atoms with E-state index in [4.69, 9.17) is 9.84 Å². The van der Waals surface area contributed by atoms with Crippen LogP contribution in [-0.2, 0) is 9.53 Å². The van der Waals surface area contributed by atoms with Crippen molar-refractivity contribution in [3.63, 3.8) is 0 Å². The zero-order chi connectivity index (χ0) is 20.1. The maximum absolute atomic E-state index is 13.3. The summed E-state index contributed by atoms with van der Waals surface area (Å²) in [5.74, 6) is 1.04. The summed E-state index contributed by atoms with van der Waals surface area (Å²) in [6.07, 6.45) is 7.90. The summed E-state index contributed by atoms with van der Waals surface area (Å²) in [6, 6.07) is 10.3. The van der Waals surface area contributed by atoms with E-state index in [1.807, 2.05) is 22.9 Å². The van der Waals surface area contributed by atoms with Crippen LogP contribution in [0.2, 0.25) is 0 Å². The van der Waals surface area contributed by atoms with Crippen molar-refractivity contribution in [3.8, 4) is 0 Å². The fourth-order valence-corrected chi connectivity index (χ4v) is 4.89. The van der Waals surface area contributed by atoms with Crippen LogP contribution in [0.5, 0.6) is 0 Å². The summed E-state index contributed by atoms with van der Waals surface area (Å²) >= 11 is 0. The van der Waals surface area contributed by atoms with Gasteiger partial charge in [-0.15, -0.1) is 0 Å². The molecule has 29 heavy (non-hydrogen) atoms. The number of carbonyl (C=O) groups is 1. The van der Waals surface area contributed by atoms with E-state index in [0.717, 1.165) is 76.2 Å². The molecule has 156 valence electrons. The van der Waals surface area contributed by atoms with Crippen molar-refractivity contribution >= 4 is 22.9 Å². The van der Waals surface area contributed by atoms with Gasteiger partial charge in [0.25, 0.3) is 0 Å². The number of carbonyl (C=O) groups excluding carboxylic acids is 1. The highest BCUT2D eigenvalue weighted by atomic mass is 16.5. The molecular weight excluding hydrogens is 362 g/mol. The Balaban J connectivity index is 1.41. The number of ether oxygens (including phenoxy) is 1. The predicted octanol–water partition coefficient (Wildman–Crippen LogP) is 4.18. The smallest absolute Gasteiger partial charge is 0.237 e. The minimum absolute atomic E-state index is 0.0742. The van der Waals surface area contributed by atoms with Gasteiger partial charge < -0.3 is 4.74 Å². The van der Waals surface area contributed by atoms with Crippen molar-refractivity contribution < 1.29 is 14.2 Å². The molecule has 0 N–H and O–H groups in total. The molecule has 0 amide bonds. The molecule has 0 saturated carbocycles. The molecule has 3 aliphatic heterocycles. The maximum atomic E-state index is 13.3. The number of hydrogen-bond donors (Lipinski definition) is 0. The molecular formula is C24H34N3O2+. The van der Waals surface area contributed by atoms with E-state index in [-0.39, 0.29) is 6.04 Å². The Kier molecular flexibility index (Phi) is 6.88. The van der Waals surface area contributed by atoms with Gasteiger partial charge in [-0.05, 0) is 43.2 Å². The number of nitrogens with zero attached hydrogens (tertiary/aromatic N) is 3. The van der Waals surface area contributed by atoms with Gasteiger partial charge in [0.05, 0.1) is 18.9 Å². The highest BCUT2D eigenvalue weighted by molar-refractivity contribution is 6.12. The van der Waals surface area contributed by atoms with Gasteiger partial charge in [-0.1, -0.05) is 36.2 Å². The van der Waals surface area contributed by atoms with Crippen LogP contribution in [0.25, 0.3) is 0 Å². The van der Waals surface area contributed by atoms with Crippen LogP contribution in [0.15, 0.2) is 35.4 Å². The lowest BCUT2D eigenvalue weighted by Crippen LogP contribution is -2.47. The molecule has 2 fully saturated rings. The third kappa shape index (κ3) is 5.01. The highest BCUT2D eigenvalue weighted by Crippen LogP contribution is 2.25. The lowest BCUT2D eigenvalue weighted by atomic mass is 9.91. The molecule has 1 aromatic carbocycles. The molecule has 1 aromatic rings. The van der Waals surface area contributed by atoms with Crippen molar-refractivity contribution in [3.05, 3.63) is 30.3 Å². The first-order valence-electron chi connectivity index (χ1n) is 11.4. The highest BCUT2D eigenvalue weighted by Gasteiger charge is 2.34. The molecule has 1 atom stereocenters. The van der Waals surface area contributed by atoms with Crippen LogP contribution in [0.1, 0.15) is 58.3 Å². The first-order chi connectivity index (χ1) is 14.2. The lowest BCUT2D eigenvalue weighted by molar-refractivity contribution is -0.443. The Morgan fingerprint density at radius 3 is 2.72 bits per heavy atom. The van der Waals surface area contributed by atoms with Crippen molar-refractivity contribution in [2.75, 3.05) is 26.3 Å². The zero-order valence-electron chi connectivity index (χ0n) is 17.7. The molecule has 3 heterocycles. The minimum Gasteiger partial charge on any atom is -0.381 e. The molecule has 0 radical (unpaired) electrons. The molecule has 5 nitrogen and oxygen atoms in total. The molecule has 5 heteroatoms. The van der Waals surface area contributed by atoms with Gasteiger partial charge >= 0.3 is 0 Å². The fraction of sp³-hybridized carbons (Fsp3) is 0.625. The Bertz CT molecular complexity index is 766. The summed E-state index contributed by atoms with van der Waals surface area (Å²) in [5.41, 5.74) is 3.39. The first-order valence-corrected chi connectivity index (χ1v) is 11.4. The average molecular weight is 397 g/mol. The van der Waals surface area contributed by atoms with Crippen LogP contribution in [0, 0.1) is 5.92 Å². The van der Waals surface area contributed by atoms with Crippen LogP contribution in [0.4, 0.5) is 5.69 Å². The number of likely N-dealkylation sites (tertiary alicyclic amines) is 1. The standard InChI is InChI=1S/C24H34N3O2/c1-2-21-16-20(25-27(21)22-8-4-3-5-9-22)17-24(28)23-10-6-7-13-26(23)18-19-11-14-29-15-12-19/h3-5,8-9,19,23H,2,6-7,10-18H2,1H3/q+1/t23-/m0/s1. The summed E-state index contributed by atoms with van der Waals surface area (Å²) < 4.78 is 7.56. The molecule has 2 saturated heterocycles. The Morgan fingerprint density at radius 1 is 1.17 bits per heavy atom. The summed E-state index contributed by atoms with van der Waals surface area (Å²) in [4.78, 5) is 15.7. The minimum atomic E-state index is 0.0742. The number of para-hydroxylation sites is 1. The number of piperidine rings is 1. The van der Waals surface area contributed by atoms with Crippen LogP contribution >= 0.6 is 0 Å². The molecule has 0 unspecified atom stereocenters. The van der Waals surface area contributed by atoms with E-state index in [1.54, 1.807) is 0 Å². The van der Waals surface area contributed by atoms with Gasteiger partial charge in [-0.2, -0.15) is 0 Å². The number of benzene rings is 1. The Hall–Kier alpha value is -1.85. The summed E-state index contributed by atoms with van der Waals surface area (Å²) in [6.45, 7) is 6.03. The fourth-order valence-electron chi connectivity index (χ4n) is 4.89. The molecule has 4 rings (SSSR count). The van der Waals surface area contributed by atoms with Gasteiger partial charge in [0.2, 0.25) is 5.69 Å². The van der Waals surface area contributed by atoms with Crippen molar-refractivity contribution in [2.24, 2.45) is 11.0 Å². The summed E-state index contributed by atoms with van der Waals surface area (Å²) in [7, 11) is 0. The normalized spacial score (nSPS) is 24.0. The molecule has 0 aliphatic carbocycles. The molecule has 0 bridgehead atoms. The van der Waals surface area contributed by atoms with E-state index >= 15 is 0 Å². The van der Waals surface area contributed by atoms with Crippen molar-refractivity contribution in [1.29, 1.82) is 0 Å². The first kappa shape index (κ1) is 20.4. The van der Waals surface area contributed by atoms with E-state index in [9.17, 15) is 4.79 Å². The van der Waals surface area contributed by atoms with E-state index in [1.165, 1.54) is 12.1 Å². The van der Waals surface area contributed by atoms with Crippen LogP contribution in [-0.4, -0.2) is 59.1 Å². The third-order valence-corrected chi connectivity index (χ3v) is 6.56. The molecule has 0 spiro atoms. The number of Topliss-reactive ketones (excluding diaryl/α,β-unsaturated/α-hetero) is 1. The van der Waals surface area contributed by atoms with Gasteiger partial charge in [-0.25, -0.2) is 0 Å². The van der Waals surface area contributed by atoms with Crippen LogP contribution < -0.4 is 0 Å². The number of rotatable bonds is 7. The van der Waals surface area contributed by atoms with Gasteiger partial charge in [-0.3, -0.25) is 9.69 Å². The topological polar surface area (TPSA) is 44.9 Å². The van der Waals surface area contributed by atoms with Gasteiger partial charge in [0.1, 0.15) is 5.71 Å². The second-order valence-electron chi connectivity index (χ2n) is 8.62. The third-order valence-electron chi connectivity index (χ3n) is 6.56. The monoisotopic (exact) mass is 396 g/mol. The SMILES string of the molecule is CCC1=[N+](c2ccccc2)N=C(CC(=O)[C@@H]2CCCCN2CC2CCOCC2)C1. The van der Waals surface area contributed by atoms with Crippen LogP contribution in [0.3, 0.4) is 0 Å². The Labute approximate surface area is 174 Å². The second kappa shape index (κ2) is 9.77. The Morgan fingerprint density at radius 2 is 1.97 bits per heavy atom. The number of hydrogen-bond acceptors (Lipinski definition) is 4. The van der Waals surface area contributed by atoms with E-state index < -0.39 is 0 Å². The zero-order valence-corrected chi connectivity index (χ0v) is 17.7. The lowest BCUT2D eigenvalue weighted by Gasteiger charge is -2.37. The molecule has 3 aliphatic rings. The average Bonchev–Trinajstić information content (AvgIpc) is 3.18. The van der Waals surface area contributed by atoms with Crippen molar-refractivity contribution in [2.45, 2.75) is 64.3 Å². The summed E-state index contributed by atoms with van der Waals surface area (Å²) in [5, 5.41) is 4.84. The quantitative estimate of drug-likeness (QED) is 0.650. The van der Waals surface area contributed by atoms with Gasteiger partial charge in [0.15, 0.2) is 11.5 Å². The largest absolute Gasteiger partial charge is 0.381 e.